The van der Waals surface area contributed by atoms with E-state index in [1.807, 2.05) is 0 Å². The topological polar surface area (TPSA) is 182 Å². The van der Waals surface area contributed by atoms with Crippen LogP contribution in [0.2, 0.25) is 0 Å². The van der Waals surface area contributed by atoms with E-state index in [-0.39, 0.29) is 43.8 Å². The summed E-state index contributed by atoms with van der Waals surface area (Å²) in [7, 11) is 0. The molecule has 0 unspecified atom stereocenters. The molecule has 12 heteroatoms. The Kier molecular flexibility index (Phi) is 16.5. The molecular formula is C5H9CaN3O8. The van der Waals surface area contributed by atoms with Crippen LogP contribution in [0.25, 0.3) is 0 Å². The van der Waals surface area contributed by atoms with Crippen LogP contribution in [0.4, 0.5) is 0 Å². The second-order valence-corrected chi connectivity index (χ2v) is 2.43. The third-order valence-corrected chi connectivity index (χ3v) is 1.36. The Morgan fingerprint density at radius 3 is 1.65 bits per heavy atom. The molecule has 1 atom stereocenters. The molecule has 17 heavy (non-hydrogen) atoms. The quantitative estimate of drug-likeness (QED) is 0.344. The SMILES string of the molecule is O=C(O)[C@@H]1CCCN1.O=[N+]([O-])[O-].O=[N+]([O-])[O-].[Ca+2]. The molecule has 94 valence electrons. The summed E-state index contributed by atoms with van der Waals surface area (Å²) in [6.07, 6.45) is 1.78. The molecule has 1 fully saturated rings. The Balaban J connectivity index is -0.000000189. The molecule has 0 saturated carbocycles. The minimum atomic E-state index is -1.75. The molecule has 0 amide bonds. The molecule has 0 aromatic carbocycles. The molecule has 0 aliphatic carbocycles. The summed E-state index contributed by atoms with van der Waals surface area (Å²) >= 11 is 0. The van der Waals surface area contributed by atoms with E-state index in [4.69, 9.17) is 35.7 Å². The van der Waals surface area contributed by atoms with Crippen LogP contribution in [0.15, 0.2) is 0 Å². The van der Waals surface area contributed by atoms with Gasteiger partial charge in [-0.1, -0.05) is 0 Å². The van der Waals surface area contributed by atoms with Crippen molar-refractivity contribution in [3.63, 3.8) is 0 Å². The summed E-state index contributed by atoms with van der Waals surface area (Å²) in [5.74, 6) is -0.720. The number of nitrogens with one attached hydrogen (secondary N) is 1. The number of hydrogen-bond acceptors (Lipinski definition) is 8. The second-order valence-electron chi connectivity index (χ2n) is 2.43. The van der Waals surface area contributed by atoms with Crippen molar-refractivity contribution >= 4 is 43.7 Å². The van der Waals surface area contributed by atoms with Crippen molar-refractivity contribution in [2.75, 3.05) is 6.54 Å². The predicted molar refractivity (Wildman–Crippen MR) is 55.1 cm³/mol. The first kappa shape index (κ1) is 21.4. The van der Waals surface area contributed by atoms with E-state index < -0.39 is 16.1 Å². The molecule has 1 aliphatic rings. The number of rotatable bonds is 1. The van der Waals surface area contributed by atoms with Gasteiger partial charge in [0.15, 0.2) is 0 Å². The first-order valence-corrected chi connectivity index (χ1v) is 3.86. The standard InChI is InChI=1S/C5H9NO2.Ca.2NO3/c7-5(8)4-2-1-3-6-4;;2*2-1(3)4/h4,6H,1-3H2,(H,7,8);;;/q;+2;2*-1/t4-;;;/m0.../s1. The second kappa shape index (κ2) is 13.2. The molecule has 11 nitrogen and oxygen atoms in total. The van der Waals surface area contributed by atoms with E-state index in [0.717, 1.165) is 19.4 Å². The van der Waals surface area contributed by atoms with Crippen LogP contribution in [0.5, 0.6) is 0 Å². The molecule has 0 radical (unpaired) electrons. The number of carbonyl (C=O) groups is 1. The fraction of sp³-hybridized carbons (Fsp3) is 0.800. The van der Waals surface area contributed by atoms with Gasteiger partial charge in [0.05, 0.1) is 10.2 Å². The average Bonchev–Trinajstić information content (AvgIpc) is 2.52. The summed E-state index contributed by atoms with van der Waals surface area (Å²) in [6.45, 7) is 0.858. The molecule has 1 heterocycles. The van der Waals surface area contributed by atoms with Gasteiger partial charge in [0.25, 0.3) is 0 Å². The van der Waals surface area contributed by atoms with Crippen molar-refractivity contribution in [2.45, 2.75) is 18.9 Å². The third kappa shape index (κ3) is 25.4. The number of aliphatic carboxylic acids is 1. The van der Waals surface area contributed by atoms with Crippen molar-refractivity contribution < 1.29 is 20.1 Å². The molecule has 1 rings (SSSR count). The van der Waals surface area contributed by atoms with E-state index in [2.05, 4.69) is 5.32 Å². The Morgan fingerprint density at radius 1 is 1.18 bits per heavy atom. The van der Waals surface area contributed by atoms with Crippen molar-refractivity contribution in [1.82, 2.24) is 5.32 Å². The molecular weight excluding hydrogens is 270 g/mol. The van der Waals surface area contributed by atoms with Gasteiger partial charge in [-0.15, -0.1) is 0 Å². The maximum Gasteiger partial charge on any atom is 2.00 e. The van der Waals surface area contributed by atoms with Crippen LogP contribution in [0, 0.1) is 30.6 Å². The molecule has 0 bridgehead atoms. The Morgan fingerprint density at radius 2 is 1.53 bits per heavy atom. The van der Waals surface area contributed by atoms with Gasteiger partial charge in [-0.2, -0.15) is 0 Å². The van der Waals surface area contributed by atoms with E-state index in [9.17, 15) is 4.79 Å². The molecule has 1 saturated heterocycles. The van der Waals surface area contributed by atoms with Gasteiger partial charge >= 0.3 is 43.7 Å². The summed E-state index contributed by atoms with van der Waals surface area (Å²) < 4.78 is 0. The smallest absolute Gasteiger partial charge is 0.480 e. The summed E-state index contributed by atoms with van der Waals surface area (Å²) in [5, 5.41) is 40.7. The van der Waals surface area contributed by atoms with E-state index in [1.54, 1.807) is 0 Å². The van der Waals surface area contributed by atoms with Crippen molar-refractivity contribution in [3.05, 3.63) is 30.6 Å². The van der Waals surface area contributed by atoms with Gasteiger partial charge in [0.1, 0.15) is 6.04 Å². The molecule has 0 aromatic heterocycles. The monoisotopic (exact) mass is 279 g/mol. The van der Waals surface area contributed by atoms with E-state index in [1.165, 1.54) is 0 Å². The van der Waals surface area contributed by atoms with Gasteiger partial charge in [0, 0.05) is 0 Å². The molecule has 1 aliphatic heterocycles. The minimum absolute atomic E-state index is 0. The average molecular weight is 279 g/mol. The zero-order valence-electron chi connectivity index (χ0n) is 8.61. The Bertz CT molecular complexity index is 223. The number of carboxylic acid groups (broad SMARTS) is 1. The number of carboxylic acids is 1. The molecule has 0 aromatic rings. The van der Waals surface area contributed by atoms with E-state index >= 15 is 0 Å². The zero-order valence-corrected chi connectivity index (χ0v) is 10.8. The fourth-order valence-corrected chi connectivity index (χ4v) is 0.895. The van der Waals surface area contributed by atoms with Crippen LogP contribution >= 0.6 is 0 Å². The Labute approximate surface area is 125 Å². The minimum Gasteiger partial charge on any atom is -0.480 e. The number of hydrogen-bond donors (Lipinski definition) is 2. The van der Waals surface area contributed by atoms with Crippen molar-refractivity contribution in [2.24, 2.45) is 0 Å². The van der Waals surface area contributed by atoms with Crippen LogP contribution < -0.4 is 5.32 Å². The van der Waals surface area contributed by atoms with E-state index in [0.29, 0.717) is 0 Å². The normalized spacial score (nSPS) is 16.1. The van der Waals surface area contributed by atoms with Crippen LogP contribution in [0.1, 0.15) is 12.8 Å². The summed E-state index contributed by atoms with van der Waals surface area (Å²) in [4.78, 5) is 26.6. The van der Waals surface area contributed by atoms with Gasteiger partial charge < -0.3 is 41.1 Å². The zero-order chi connectivity index (χ0) is 13.1. The predicted octanol–water partition coefficient (Wildman–Crippen LogP) is -1.04. The Hall–Kier alpha value is -0.910. The van der Waals surface area contributed by atoms with Crippen molar-refractivity contribution in [3.8, 4) is 0 Å². The maximum atomic E-state index is 10.1. The first-order valence-electron chi connectivity index (χ1n) is 3.86. The van der Waals surface area contributed by atoms with Crippen molar-refractivity contribution in [1.29, 1.82) is 0 Å². The van der Waals surface area contributed by atoms with Gasteiger partial charge in [-0.25, -0.2) is 0 Å². The third-order valence-electron chi connectivity index (χ3n) is 1.36. The maximum absolute atomic E-state index is 10.1. The van der Waals surface area contributed by atoms with Gasteiger partial charge in [0.2, 0.25) is 0 Å². The molecule has 0 spiro atoms. The van der Waals surface area contributed by atoms with Gasteiger partial charge in [-0.3, -0.25) is 4.79 Å². The van der Waals surface area contributed by atoms with Crippen LogP contribution in [0.3, 0.4) is 0 Å². The summed E-state index contributed by atoms with van der Waals surface area (Å²) in [6, 6.07) is -0.269. The fourth-order valence-electron chi connectivity index (χ4n) is 0.895. The largest absolute Gasteiger partial charge is 2.00 e. The van der Waals surface area contributed by atoms with Crippen LogP contribution in [-0.2, 0) is 4.79 Å². The van der Waals surface area contributed by atoms with Gasteiger partial charge in [-0.05, 0) is 19.4 Å². The summed E-state index contributed by atoms with van der Waals surface area (Å²) in [5.41, 5.74) is 0. The molecule has 2 N–H and O–H groups in total. The first-order chi connectivity index (χ1) is 7.27. The van der Waals surface area contributed by atoms with Crippen LogP contribution in [-0.4, -0.2) is 71.6 Å². The number of nitrogens with zero attached hydrogens (tertiary/aromatic N) is 2.